The van der Waals surface area contributed by atoms with E-state index in [1.54, 1.807) is 12.2 Å². The number of carbonyl (C=O) groups excluding carboxylic acids is 1. The molecule has 2 unspecified atom stereocenters. The number of sulfonamides is 1. The lowest BCUT2D eigenvalue weighted by Gasteiger charge is -2.45. The summed E-state index contributed by atoms with van der Waals surface area (Å²) in [4.78, 5) is 16.9. The van der Waals surface area contributed by atoms with E-state index < -0.39 is 38.6 Å². The van der Waals surface area contributed by atoms with Crippen molar-refractivity contribution in [2.45, 2.75) is 23.3 Å². The summed E-state index contributed by atoms with van der Waals surface area (Å²) in [6.07, 6.45) is 4.79. The third-order valence-corrected chi connectivity index (χ3v) is 8.12. The van der Waals surface area contributed by atoms with Gasteiger partial charge in [0.2, 0.25) is 16.0 Å². The van der Waals surface area contributed by atoms with Crippen LogP contribution in [0.3, 0.4) is 0 Å². The minimum absolute atomic E-state index is 0.00953. The number of aliphatic imine (C=N–C) groups is 1. The summed E-state index contributed by atoms with van der Waals surface area (Å²) >= 11 is 5.83. The Morgan fingerprint density at radius 1 is 1.48 bits per heavy atom. The lowest BCUT2D eigenvalue weighted by Crippen LogP contribution is -2.61. The maximum atomic E-state index is 15.0. The van der Waals surface area contributed by atoms with Gasteiger partial charge in [-0.1, -0.05) is 17.7 Å². The number of hydrogen-bond donors (Lipinski definition) is 3. The molecule has 3 atom stereocenters. The van der Waals surface area contributed by atoms with Gasteiger partial charge >= 0.3 is 0 Å². The van der Waals surface area contributed by atoms with Crippen molar-refractivity contribution >= 4 is 39.2 Å². The van der Waals surface area contributed by atoms with Crippen molar-refractivity contribution in [1.29, 1.82) is 0 Å². The minimum atomic E-state index is -3.89. The Bertz CT molecular complexity index is 1120. The first-order valence-electron chi connectivity index (χ1n) is 9.47. The summed E-state index contributed by atoms with van der Waals surface area (Å²) in [5, 5.41) is 4.93. The highest BCUT2D eigenvalue weighted by atomic mass is 35.5. The number of guanidine groups is 1. The van der Waals surface area contributed by atoms with Crippen molar-refractivity contribution in [3.05, 3.63) is 53.0 Å². The average molecular weight is 470 g/mol. The molecule has 3 aliphatic heterocycles. The fourth-order valence-electron chi connectivity index (χ4n) is 3.94. The summed E-state index contributed by atoms with van der Waals surface area (Å²) < 4.78 is 47.5. The molecule has 1 saturated heterocycles. The van der Waals surface area contributed by atoms with Crippen molar-refractivity contribution in [2.75, 3.05) is 25.6 Å². The van der Waals surface area contributed by atoms with E-state index in [9.17, 15) is 17.6 Å². The van der Waals surface area contributed by atoms with Crippen molar-refractivity contribution in [1.82, 2.24) is 9.62 Å². The van der Waals surface area contributed by atoms with Crippen molar-refractivity contribution in [2.24, 2.45) is 10.7 Å². The average Bonchev–Trinajstić information content (AvgIpc) is 2.74. The third-order valence-electron chi connectivity index (χ3n) is 5.59. The maximum absolute atomic E-state index is 15.0. The second-order valence-corrected chi connectivity index (χ2v) is 10.0. The number of allylic oxidation sites excluding steroid dienone is 2. The number of nitrogens with two attached hydrogens (primary N) is 1. The van der Waals surface area contributed by atoms with Crippen LogP contribution in [0.15, 0.2) is 46.6 Å². The van der Waals surface area contributed by atoms with Gasteiger partial charge in [0.1, 0.15) is 22.6 Å². The number of benzene rings is 1. The molecule has 166 valence electrons. The molecule has 1 aromatic carbocycles. The molecule has 31 heavy (non-hydrogen) atoms. The van der Waals surface area contributed by atoms with Crippen LogP contribution in [0, 0.1) is 5.82 Å². The molecule has 1 aromatic rings. The zero-order valence-electron chi connectivity index (χ0n) is 16.5. The van der Waals surface area contributed by atoms with E-state index in [4.69, 9.17) is 22.1 Å². The number of amides is 1. The zero-order chi connectivity index (χ0) is 22.4. The molecule has 1 amide bonds. The smallest absolute Gasteiger partial charge is 0.250 e. The van der Waals surface area contributed by atoms with E-state index >= 15 is 0 Å². The Morgan fingerprint density at radius 3 is 2.97 bits per heavy atom. The number of nitrogens with one attached hydrogen (secondary N) is 2. The Balaban J connectivity index is 1.72. The first-order valence-corrected chi connectivity index (χ1v) is 11.3. The van der Waals surface area contributed by atoms with Crippen LogP contribution in [0.5, 0.6) is 0 Å². The highest BCUT2D eigenvalue weighted by Crippen LogP contribution is 2.44. The fourth-order valence-corrected chi connectivity index (χ4v) is 5.89. The Morgan fingerprint density at radius 2 is 2.26 bits per heavy atom. The third kappa shape index (κ3) is 3.66. The van der Waals surface area contributed by atoms with Gasteiger partial charge in [0.05, 0.1) is 11.6 Å². The van der Waals surface area contributed by atoms with Crippen LogP contribution in [0.2, 0.25) is 0 Å². The summed E-state index contributed by atoms with van der Waals surface area (Å²) in [6.45, 7) is 0.0404. The first-order chi connectivity index (χ1) is 14.6. The Labute approximate surface area is 183 Å². The Kier molecular flexibility index (Phi) is 5.44. The molecule has 3 aliphatic rings. The van der Waals surface area contributed by atoms with Gasteiger partial charge in [-0.15, -0.1) is 0 Å². The van der Waals surface area contributed by atoms with Crippen LogP contribution in [0.25, 0.3) is 0 Å². The van der Waals surface area contributed by atoms with Crippen LogP contribution in [-0.4, -0.2) is 56.1 Å². The van der Waals surface area contributed by atoms with Crippen molar-refractivity contribution < 1.29 is 22.3 Å². The number of carbonyl (C=O) groups is 1. The number of rotatable bonds is 3. The molecular formula is C19H21ClFN5O4S. The normalized spacial score (nSPS) is 29.3. The van der Waals surface area contributed by atoms with E-state index in [-0.39, 0.29) is 36.8 Å². The lowest BCUT2D eigenvalue weighted by atomic mass is 9.84. The second-order valence-electron chi connectivity index (χ2n) is 7.45. The summed E-state index contributed by atoms with van der Waals surface area (Å²) in [6, 6.07) is 3.25. The van der Waals surface area contributed by atoms with E-state index in [0.717, 1.165) is 10.4 Å². The SMILES string of the molecule is CN1C(N)=N[C@@]2(c3cc(NC(=O)C4C=CC(Cl)=CN4)ccc3F)COCCC2S1(=O)=O. The van der Waals surface area contributed by atoms with Crippen molar-refractivity contribution in [3.63, 3.8) is 0 Å². The molecule has 0 saturated carbocycles. The number of ether oxygens (including phenoxy) is 1. The molecule has 4 N–H and O–H groups in total. The van der Waals surface area contributed by atoms with Crippen LogP contribution < -0.4 is 16.4 Å². The van der Waals surface area contributed by atoms with Crippen LogP contribution in [0.4, 0.5) is 10.1 Å². The number of halogens is 2. The van der Waals surface area contributed by atoms with Gasteiger partial charge in [-0.3, -0.25) is 4.79 Å². The fraction of sp³-hybridized carbons (Fsp3) is 0.368. The lowest BCUT2D eigenvalue weighted by molar-refractivity contribution is -0.116. The van der Waals surface area contributed by atoms with E-state index in [1.807, 2.05) is 0 Å². The number of anilines is 1. The quantitative estimate of drug-likeness (QED) is 0.605. The molecule has 3 heterocycles. The zero-order valence-corrected chi connectivity index (χ0v) is 18.1. The molecule has 0 aliphatic carbocycles. The number of hydrogen-bond acceptors (Lipinski definition) is 7. The predicted molar refractivity (Wildman–Crippen MR) is 114 cm³/mol. The number of nitrogens with zero attached hydrogens (tertiary/aromatic N) is 2. The summed E-state index contributed by atoms with van der Waals surface area (Å²) in [7, 11) is -2.58. The first kappa shape index (κ1) is 21.6. The standard InChI is InChI=1S/C19H21ClFN5O4S/c1-26-18(22)25-19(10-30-7-6-16(19)31(26,28)29)13-8-12(3-4-14(13)21)24-17(27)15-5-2-11(20)9-23-15/h2-5,8-9,15-16,23H,6-7,10H2,1H3,(H2,22,25)(H,24,27)/t15?,16?,19-/m1/s1. The van der Waals surface area contributed by atoms with Crippen LogP contribution >= 0.6 is 11.6 Å². The highest BCUT2D eigenvalue weighted by Gasteiger charge is 2.56. The van der Waals surface area contributed by atoms with Gasteiger partial charge in [-0.2, -0.15) is 0 Å². The van der Waals surface area contributed by atoms with E-state index in [1.165, 1.54) is 25.4 Å². The monoisotopic (exact) mass is 469 g/mol. The molecule has 0 aromatic heterocycles. The second kappa shape index (κ2) is 7.81. The minimum Gasteiger partial charge on any atom is -0.378 e. The molecule has 4 rings (SSSR count). The van der Waals surface area contributed by atoms with E-state index in [0.29, 0.717) is 5.03 Å². The number of dihydropyridines is 1. The van der Waals surface area contributed by atoms with Crippen LogP contribution in [-0.2, 0) is 25.1 Å². The van der Waals surface area contributed by atoms with Gasteiger partial charge in [0.15, 0.2) is 0 Å². The largest absolute Gasteiger partial charge is 0.378 e. The molecular weight excluding hydrogens is 449 g/mol. The van der Waals surface area contributed by atoms with Gasteiger partial charge in [0, 0.05) is 31.1 Å². The van der Waals surface area contributed by atoms with Gasteiger partial charge < -0.3 is 21.1 Å². The molecule has 1 fully saturated rings. The van der Waals surface area contributed by atoms with E-state index in [2.05, 4.69) is 15.6 Å². The Hall–Kier alpha value is -2.63. The number of fused-ring (bicyclic) bond motifs is 1. The van der Waals surface area contributed by atoms with Gasteiger partial charge in [0.25, 0.3) is 5.91 Å². The summed E-state index contributed by atoms with van der Waals surface area (Å²) in [5.74, 6) is -1.33. The van der Waals surface area contributed by atoms with Crippen LogP contribution in [0.1, 0.15) is 12.0 Å². The predicted octanol–water partition coefficient (Wildman–Crippen LogP) is 0.946. The summed E-state index contributed by atoms with van der Waals surface area (Å²) in [5.41, 5.74) is 4.59. The molecule has 0 radical (unpaired) electrons. The van der Waals surface area contributed by atoms with Gasteiger partial charge in [-0.25, -0.2) is 22.1 Å². The highest BCUT2D eigenvalue weighted by molar-refractivity contribution is 7.90. The molecule has 9 nitrogen and oxygen atoms in total. The van der Waals surface area contributed by atoms with Gasteiger partial charge in [-0.05, 0) is 30.7 Å². The molecule has 12 heteroatoms. The van der Waals surface area contributed by atoms with Crippen molar-refractivity contribution in [3.8, 4) is 0 Å². The molecule has 0 spiro atoms. The molecule has 0 bridgehead atoms. The topological polar surface area (TPSA) is 126 Å². The maximum Gasteiger partial charge on any atom is 0.250 e.